The monoisotopic (exact) mass is 717 g/mol. The minimum absolute atomic E-state index is 0. The van der Waals surface area contributed by atoms with Crippen molar-refractivity contribution < 1.29 is 55.5 Å². The van der Waals surface area contributed by atoms with Gasteiger partial charge < -0.3 is 35.3 Å². The van der Waals surface area contributed by atoms with E-state index < -0.39 is 5.91 Å². The van der Waals surface area contributed by atoms with Crippen LogP contribution in [-0.2, 0) is 30.6 Å². The van der Waals surface area contributed by atoms with Crippen molar-refractivity contribution in [1.82, 2.24) is 0 Å². The molecule has 0 aliphatic carbocycles. The topological polar surface area (TPSA) is 40.9 Å². The molecule has 194 valence electrons. The summed E-state index contributed by atoms with van der Waals surface area (Å²) in [5.74, 6) is -0.413. The van der Waals surface area contributed by atoms with Gasteiger partial charge in [0, 0.05) is 5.91 Å². The zero-order valence-corrected chi connectivity index (χ0v) is 27.7. The number of nitrogens with one attached hydrogen (secondary N) is 1. The van der Waals surface area contributed by atoms with Gasteiger partial charge in [0.15, 0.2) is 0 Å². The molecule has 4 aromatic rings. The van der Waals surface area contributed by atoms with Gasteiger partial charge in [-0.1, -0.05) is 123 Å². The predicted molar refractivity (Wildman–Crippen MR) is 149 cm³/mol. The molecule has 37 heavy (non-hydrogen) atoms. The van der Waals surface area contributed by atoms with Crippen LogP contribution in [0.2, 0.25) is 0 Å². The number of carbonyl (C=O) groups is 1. The Hall–Kier alpha value is -1.59. The van der Waals surface area contributed by atoms with Crippen molar-refractivity contribution in [2.45, 2.75) is 58.3 Å². The van der Waals surface area contributed by atoms with Crippen LogP contribution < -0.4 is 35.2 Å². The van der Waals surface area contributed by atoms with Crippen molar-refractivity contribution in [3.05, 3.63) is 109 Å². The molecule has 6 heteroatoms. The zero-order chi connectivity index (χ0) is 24.3. The molecule has 1 amide bonds. The van der Waals surface area contributed by atoms with E-state index in [9.17, 15) is 4.79 Å². The third kappa shape index (κ3) is 18.3. The van der Waals surface area contributed by atoms with Gasteiger partial charge in [-0.05, 0) is 12.8 Å². The Morgan fingerprint density at radius 1 is 0.703 bits per heavy atom. The molecule has 1 N–H and O–H groups in total. The van der Waals surface area contributed by atoms with Crippen LogP contribution >= 0.6 is 0 Å². The average molecular weight is 717 g/mol. The minimum atomic E-state index is -0.413. The molecule has 4 rings (SSSR count). The summed E-state index contributed by atoms with van der Waals surface area (Å²) < 4.78 is 0. The molecule has 0 unspecified atom stereocenters. The molecule has 0 bridgehead atoms. The van der Waals surface area contributed by atoms with E-state index in [0.717, 1.165) is 22.4 Å². The molecule has 0 atom stereocenters. The summed E-state index contributed by atoms with van der Waals surface area (Å²) in [5, 5.41) is 5.46. The number of hydrogen-bond donors (Lipinski definition) is 0. The molecule has 0 aromatic heterocycles. The molecule has 2 nitrogen and oxygen atoms in total. The summed E-state index contributed by atoms with van der Waals surface area (Å²) in [7, 11) is 0.777. The molecule has 0 aliphatic heterocycles. The quantitative estimate of drug-likeness (QED) is 0.140. The Kier molecular flexibility index (Phi) is 25.1. The van der Waals surface area contributed by atoms with Gasteiger partial charge in [0.1, 0.15) is 9.52 Å². The van der Waals surface area contributed by atoms with Crippen LogP contribution in [0, 0.1) is 0 Å². The number of carbonyl (C=O) groups excluding carboxylic acids is 1. The molecule has 0 spiro atoms. The number of amides is 1. The van der Waals surface area contributed by atoms with Gasteiger partial charge in [0.05, 0.1) is 0 Å². The number of fused-ring (bicyclic) bond motifs is 1. The van der Waals surface area contributed by atoms with Gasteiger partial charge in [-0.25, -0.2) is 0 Å². The molecular formula is C31H37Cl2HfNOSi. The fourth-order valence-electron chi connectivity index (χ4n) is 3.52. The van der Waals surface area contributed by atoms with Gasteiger partial charge in [0.2, 0.25) is 0 Å². The van der Waals surface area contributed by atoms with Gasteiger partial charge in [-0.2, -0.15) is 17.5 Å². The predicted octanol–water partition coefficient (Wildman–Crippen LogP) is 1.61. The molecule has 0 aliphatic rings. The smallest absolute Gasteiger partial charge is 1.00 e. The maximum absolute atomic E-state index is 10.2. The van der Waals surface area contributed by atoms with Crippen LogP contribution in [0.1, 0.15) is 58.3 Å². The van der Waals surface area contributed by atoms with Gasteiger partial charge in [-0.3, -0.25) is 0 Å². The molecule has 0 fully saturated rings. The first kappa shape index (κ1) is 37.6. The van der Waals surface area contributed by atoms with Crippen molar-refractivity contribution in [3.8, 4) is 0 Å². The van der Waals surface area contributed by atoms with E-state index in [4.69, 9.17) is 5.73 Å². The zero-order valence-electron chi connectivity index (χ0n) is 21.6. The first-order chi connectivity index (χ1) is 16.7. The summed E-state index contributed by atoms with van der Waals surface area (Å²) in [5.41, 5.74) is 6.69. The van der Waals surface area contributed by atoms with Gasteiger partial charge >= 0.3 is 25.8 Å². The molecule has 0 saturated heterocycles. The number of rotatable bonds is 10. The van der Waals surface area contributed by atoms with Crippen LogP contribution in [0.4, 0.5) is 0 Å². The van der Waals surface area contributed by atoms with Gasteiger partial charge in [-0.15, -0.1) is 29.7 Å². The Labute approximate surface area is 257 Å². The van der Waals surface area contributed by atoms with Crippen molar-refractivity contribution >= 4 is 36.6 Å². The summed E-state index contributed by atoms with van der Waals surface area (Å²) in [6.45, 7) is 2.21. The maximum atomic E-state index is 10.2. The Morgan fingerprint density at radius 3 is 1.70 bits per heavy atom. The van der Waals surface area contributed by atoms with Crippen molar-refractivity contribution in [2.24, 2.45) is 0 Å². The van der Waals surface area contributed by atoms with E-state index in [2.05, 4.69) is 110 Å². The molecule has 4 aromatic carbocycles. The second-order valence-electron chi connectivity index (χ2n) is 8.31. The third-order valence-corrected chi connectivity index (χ3v) is 6.64. The first-order valence-corrected chi connectivity index (χ1v) is 13.4. The van der Waals surface area contributed by atoms with Crippen LogP contribution in [-0.4, -0.2) is 15.4 Å². The molecule has 2 radical (unpaired) electrons. The standard InChI is InChI=1S/C12H10Si.C10H21NO.C9H7.2ClH.Hf/c1-3-7-11(8-4-1)13-12-9-5-2-6-10-12;1-2-3-4-5-6-7-8-9-10(11)12;1-2-5-9-7-3-6-8(9)4-1;;;/h1-10H;2-9H2,1H3,(H2,11,12);1-7H;2*1H;/q;;-1;;;+4/p-3. The first-order valence-electron chi connectivity index (χ1n) is 12.4. The summed E-state index contributed by atoms with van der Waals surface area (Å²) in [4.78, 5) is 10.2. The van der Waals surface area contributed by atoms with Crippen LogP contribution in [0.5, 0.6) is 0 Å². The fraction of sp³-hybridized carbons (Fsp3) is 0.290. The number of halogens is 2. The van der Waals surface area contributed by atoms with Crippen LogP contribution in [0.3, 0.4) is 0 Å². The molecule has 0 saturated carbocycles. The minimum Gasteiger partial charge on any atom is -1.00 e. The van der Waals surface area contributed by atoms with E-state index >= 15 is 0 Å². The normalized spacial score (nSPS) is 9.22. The molecule has 0 heterocycles. The Morgan fingerprint density at radius 2 is 1.19 bits per heavy atom. The van der Waals surface area contributed by atoms with E-state index in [-0.39, 0.29) is 50.7 Å². The summed E-state index contributed by atoms with van der Waals surface area (Å²) >= 11 is 0. The SMILES string of the molecule is CCCCCCCCCC([NH-])=O.[Cl-].[Cl-].[Hf+4].c1ccc([Si]c2ccccc2)cc1.c1ccc2[cH-]ccc2c1. The largest absolute Gasteiger partial charge is 4.00 e. The van der Waals surface area contributed by atoms with Crippen molar-refractivity contribution in [3.63, 3.8) is 0 Å². The van der Waals surface area contributed by atoms with Crippen molar-refractivity contribution in [1.29, 1.82) is 0 Å². The van der Waals surface area contributed by atoms with E-state index in [0.29, 0.717) is 6.42 Å². The second-order valence-corrected chi connectivity index (χ2v) is 9.71. The number of hydrogen-bond acceptors (Lipinski definition) is 1. The number of unbranched alkanes of at least 4 members (excludes halogenated alkanes) is 6. The van der Waals surface area contributed by atoms with Gasteiger partial charge in [0.25, 0.3) is 0 Å². The second kappa shape index (κ2) is 24.7. The average Bonchev–Trinajstić information content (AvgIpc) is 3.35. The maximum Gasteiger partial charge on any atom is 4.00 e. The fourth-order valence-corrected chi connectivity index (χ4v) is 4.57. The number of benzene rings is 3. The summed E-state index contributed by atoms with van der Waals surface area (Å²) in [6, 6.07) is 35.8. The Bertz CT molecular complexity index is 977. The summed E-state index contributed by atoms with van der Waals surface area (Å²) in [6.07, 6.45) is 8.94. The third-order valence-electron chi connectivity index (χ3n) is 5.39. The van der Waals surface area contributed by atoms with Crippen molar-refractivity contribution in [2.75, 3.05) is 0 Å². The molecular weight excluding hydrogens is 680 g/mol. The van der Waals surface area contributed by atoms with Crippen LogP contribution in [0.15, 0.2) is 103 Å². The Balaban J connectivity index is 0. The van der Waals surface area contributed by atoms with E-state index in [1.165, 1.54) is 53.3 Å². The van der Waals surface area contributed by atoms with Crippen LogP contribution in [0.25, 0.3) is 16.5 Å². The van der Waals surface area contributed by atoms with E-state index in [1.54, 1.807) is 0 Å². The van der Waals surface area contributed by atoms with E-state index in [1.807, 2.05) is 0 Å².